The van der Waals surface area contributed by atoms with Gasteiger partial charge in [-0.3, -0.25) is 4.98 Å². The van der Waals surface area contributed by atoms with Gasteiger partial charge in [-0.2, -0.15) is 0 Å². The van der Waals surface area contributed by atoms with Gasteiger partial charge >= 0.3 is 0 Å². The highest BCUT2D eigenvalue weighted by atomic mass is 16.5. The van der Waals surface area contributed by atoms with Crippen molar-refractivity contribution in [3.8, 4) is 11.5 Å². The molecular weight excluding hydrogens is 254 g/mol. The van der Waals surface area contributed by atoms with Crippen molar-refractivity contribution in [2.75, 3.05) is 14.2 Å². The van der Waals surface area contributed by atoms with Crippen molar-refractivity contribution in [2.24, 2.45) is 0 Å². The first kappa shape index (κ1) is 13.9. The first-order chi connectivity index (χ1) is 9.76. The molecule has 4 heteroatoms. The van der Waals surface area contributed by atoms with Crippen molar-refractivity contribution in [1.82, 2.24) is 4.98 Å². The minimum Gasteiger partial charge on any atom is -0.506 e. The van der Waals surface area contributed by atoms with E-state index in [9.17, 15) is 5.11 Å². The van der Waals surface area contributed by atoms with Crippen LogP contribution >= 0.6 is 0 Å². The van der Waals surface area contributed by atoms with Gasteiger partial charge in [0.05, 0.1) is 14.2 Å². The van der Waals surface area contributed by atoms with Gasteiger partial charge in [0.25, 0.3) is 0 Å². The predicted octanol–water partition coefficient (Wildman–Crippen LogP) is 3.24. The topological polar surface area (TPSA) is 51.6 Å². The quantitative estimate of drug-likeness (QED) is 0.848. The molecule has 0 spiro atoms. The number of pyridine rings is 1. The average Bonchev–Trinajstić information content (AvgIpc) is 2.52. The van der Waals surface area contributed by atoms with Crippen LogP contribution in [0.5, 0.6) is 11.5 Å². The van der Waals surface area contributed by atoms with Gasteiger partial charge in [-0.1, -0.05) is 12.1 Å². The van der Waals surface area contributed by atoms with Crippen LogP contribution in [0.1, 0.15) is 11.3 Å². The van der Waals surface area contributed by atoms with Crippen molar-refractivity contribution in [1.29, 1.82) is 0 Å². The number of allylic oxidation sites excluding steroid dienone is 1. The zero-order valence-electron chi connectivity index (χ0n) is 11.5. The summed E-state index contributed by atoms with van der Waals surface area (Å²) in [5.41, 5.74) is 1.43. The molecule has 104 valence electrons. The molecule has 1 aromatic carbocycles. The molecule has 0 fully saturated rings. The number of aliphatic hydroxyl groups excluding tert-OH is 1. The van der Waals surface area contributed by atoms with E-state index in [0.717, 1.165) is 17.1 Å². The molecule has 0 aliphatic heterocycles. The number of aromatic nitrogens is 1. The van der Waals surface area contributed by atoms with Gasteiger partial charge in [-0.25, -0.2) is 0 Å². The number of aliphatic hydroxyl groups is 1. The molecule has 1 aromatic heterocycles. The Morgan fingerprint density at radius 2 is 1.80 bits per heavy atom. The Morgan fingerprint density at radius 1 is 1.10 bits per heavy atom. The number of hydrogen-bond acceptors (Lipinski definition) is 4. The Hall–Kier alpha value is -2.49. The van der Waals surface area contributed by atoms with Crippen LogP contribution < -0.4 is 9.47 Å². The molecule has 2 rings (SSSR count). The Morgan fingerprint density at radius 3 is 2.35 bits per heavy atom. The second-order valence-corrected chi connectivity index (χ2v) is 4.15. The summed E-state index contributed by atoms with van der Waals surface area (Å²) >= 11 is 0. The second kappa shape index (κ2) is 6.61. The van der Waals surface area contributed by atoms with E-state index in [2.05, 4.69) is 4.98 Å². The predicted molar refractivity (Wildman–Crippen MR) is 78.1 cm³/mol. The molecule has 0 radical (unpaired) electrons. The molecule has 0 atom stereocenters. The zero-order chi connectivity index (χ0) is 14.4. The Kier molecular flexibility index (Phi) is 4.60. The number of ether oxygens (including phenoxy) is 2. The fourth-order valence-corrected chi connectivity index (χ4v) is 1.95. The van der Waals surface area contributed by atoms with Crippen LogP contribution in [0, 0.1) is 0 Å². The summed E-state index contributed by atoms with van der Waals surface area (Å²) in [7, 11) is 3.22. The molecule has 0 aliphatic rings. The first-order valence-corrected chi connectivity index (χ1v) is 6.26. The summed E-state index contributed by atoms with van der Waals surface area (Å²) < 4.78 is 10.6. The zero-order valence-corrected chi connectivity index (χ0v) is 11.5. The molecule has 0 saturated carbocycles. The Bertz CT molecular complexity index is 572. The van der Waals surface area contributed by atoms with Crippen molar-refractivity contribution >= 4 is 5.76 Å². The van der Waals surface area contributed by atoms with Gasteiger partial charge in [0.2, 0.25) is 0 Å². The maximum absolute atomic E-state index is 10.0. The smallest absolute Gasteiger partial charge is 0.137 e. The van der Waals surface area contributed by atoms with Gasteiger partial charge in [0.15, 0.2) is 0 Å². The first-order valence-electron chi connectivity index (χ1n) is 6.26. The molecule has 20 heavy (non-hydrogen) atoms. The van der Waals surface area contributed by atoms with Gasteiger partial charge in [0, 0.05) is 18.2 Å². The lowest BCUT2D eigenvalue weighted by Crippen LogP contribution is -1.96. The van der Waals surface area contributed by atoms with Crippen LogP contribution in [-0.2, 0) is 6.42 Å². The van der Waals surface area contributed by atoms with Gasteiger partial charge in [-0.15, -0.1) is 0 Å². The van der Waals surface area contributed by atoms with E-state index in [4.69, 9.17) is 9.47 Å². The van der Waals surface area contributed by atoms with Crippen LogP contribution in [-0.4, -0.2) is 24.3 Å². The number of methoxy groups -OCH3 is 2. The maximum atomic E-state index is 10.0. The van der Waals surface area contributed by atoms with Crippen LogP contribution in [0.25, 0.3) is 5.76 Å². The molecule has 0 saturated heterocycles. The fourth-order valence-electron chi connectivity index (χ4n) is 1.95. The molecule has 1 N–H and O–H groups in total. The van der Waals surface area contributed by atoms with E-state index in [1.807, 2.05) is 24.3 Å². The molecule has 2 aromatic rings. The maximum Gasteiger partial charge on any atom is 0.137 e. The summed E-state index contributed by atoms with van der Waals surface area (Å²) in [6.07, 6.45) is 3.83. The molecule has 0 unspecified atom stereocenters. The van der Waals surface area contributed by atoms with E-state index in [1.165, 1.54) is 0 Å². The third-order valence-corrected chi connectivity index (χ3v) is 2.96. The molecule has 0 bridgehead atoms. The molecule has 0 amide bonds. The van der Waals surface area contributed by atoms with Gasteiger partial charge in [-0.05, 0) is 30.3 Å². The normalized spacial score (nSPS) is 11.2. The SMILES string of the molecule is COc1cccc(OC)c1CC=C(O)c1ccccn1. The van der Waals surface area contributed by atoms with Crippen molar-refractivity contribution in [2.45, 2.75) is 6.42 Å². The molecule has 4 nitrogen and oxygen atoms in total. The average molecular weight is 271 g/mol. The van der Waals surface area contributed by atoms with Crippen molar-refractivity contribution in [3.05, 3.63) is 59.9 Å². The Labute approximate surface area is 118 Å². The summed E-state index contributed by atoms with van der Waals surface area (Å²) in [6.45, 7) is 0. The third kappa shape index (κ3) is 3.09. The van der Waals surface area contributed by atoms with Crippen LogP contribution in [0.15, 0.2) is 48.7 Å². The van der Waals surface area contributed by atoms with E-state index in [1.54, 1.807) is 38.6 Å². The van der Waals surface area contributed by atoms with Crippen LogP contribution in [0.3, 0.4) is 0 Å². The number of benzene rings is 1. The van der Waals surface area contributed by atoms with Crippen molar-refractivity contribution < 1.29 is 14.6 Å². The highest BCUT2D eigenvalue weighted by Gasteiger charge is 2.09. The monoisotopic (exact) mass is 271 g/mol. The van der Waals surface area contributed by atoms with Crippen LogP contribution in [0.4, 0.5) is 0 Å². The lowest BCUT2D eigenvalue weighted by atomic mass is 10.1. The fraction of sp³-hybridized carbons (Fsp3) is 0.188. The van der Waals surface area contributed by atoms with E-state index in [-0.39, 0.29) is 5.76 Å². The number of rotatable bonds is 5. The second-order valence-electron chi connectivity index (χ2n) is 4.15. The van der Waals surface area contributed by atoms with Gasteiger partial charge in [0.1, 0.15) is 23.0 Å². The lowest BCUT2D eigenvalue weighted by Gasteiger charge is -2.11. The summed E-state index contributed by atoms with van der Waals surface area (Å²) in [5.74, 6) is 1.60. The minimum absolute atomic E-state index is 0.138. The minimum atomic E-state index is 0.138. The molecule has 1 heterocycles. The summed E-state index contributed by atoms with van der Waals surface area (Å²) in [5, 5.41) is 10.0. The van der Waals surface area contributed by atoms with E-state index < -0.39 is 0 Å². The number of nitrogens with zero attached hydrogens (tertiary/aromatic N) is 1. The van der Waals surface area contributed by atoms with E-state index in [0.29, 0.717) is 12.1 Å². The standard InChI is InChI=1S/C16H17NO3/c1-19-15-7-5-8-16(20-2)12(15)9-10-14(18)13-6-3-4-11-17-13/h3-8,10-11,18H,9H2,1-2H3. The molecule has 0 aliphatic carbocycles. The van der Waals surface area contributed by atoms with Gasteiger partial charge < -0.3 is 14.6 Å². The molecular formula is C16H17NO3. The Balaban J connectivity index is 2.26. The highest BCUT2D eigenvalue weighted by Crippen LogP contribution is 2.29. The summed E-state index contributed by atoms with van der Waals surface area (Å²) in [4.78, 5) is 4.10. The van der Waals surface area contributed by atoms with Crippen LogP contribution in [0.2, 0.25) is 0 Å². The van der Waals surface area contributed by atoms with Crippen molar-refractivity contribution in [3.63, 3.8) is 0 Å². The summed E-state index contributed by atoms with van der Waals surface area (Å²) in [6, 6.07) is 11.0. The highest BCUT2D eigenvalue weighted by molar-refractivity contribution is 5.56. The number of hydrogen-bond donors (Lipinski definition) is 1. The lowest BCUT2D eigenvalue weighted by molar-refractivity contribution is 0.387. The van der Waals surface area contributed by atoms with E-state index >= 15 is 0 Å². The third-order valence-electron chi connectivity index (χ3n) is 2.96. The largest absolute Gasteiger partial charge is 0.506 e.